The molecule has 2 heterocycles. The quantitative estimate of drug-likeness (QED) is 0.497. The first-order valence-corrected chi connectivity index (χ1v) is 6.71. The lowest BCUT2D eigenvalue weighted by Crippen LogP contribution is -2.13. The van der Waals surface area contributed by atoms with Crippen molar-refractivity contribution in [3.05, 3.63) is 17.7 Å². The predicted molar refractivity (Wildman–Crippen MR) is 73.8 cm³/mol. The number of aryl methyl sites for hydroxylation is 1. The highest BCUT2D eigenvalue weighted by Crippen LogP contribution is 2.34. The van der Waals surface area contributed by atoms with E-state index in [0.717, 1.165) is 21.6 Å². The van der Waals surface area contributed by atoms with Gasteiger partial charge >= 0.3 is 0 Å². The predicted octanol–water partition coefficient (Wildman–Crippen LogP) is 1.47. The van der Waals surface area contributed by atoms with Gasteiger partial charge in [-0.3, -0.25) is 0 Å². The van der Waals surface area contributed by atoms with Gasteiger partial charge in [-0.1, -0.05) is 13.8 Å². The first-order chi connectivity index (χ1) is 9.04. The smallest absolute Gasteiger partial charge is 0.197 e. The third kappa shape index (κ3) is 2.69. The Balaban J connectivity index is 2.42. The molecule has 0 bridgehead atoms. The Morgan fingerprint density at radius 3 is 2.58 bits per heavy atom. The van der Waals surface area contributed by atoms with Crippen molar-refractivity contribution in [2.45, 2.75) is 36.9 Å². The number of hydrogen-bond acceptors (Lipinski definition) is 7. The number of hydrogen-bond donors (Lipinski definition) is 2. The van der Waals surface area contributed by atoms with Crippen LogP contribution in [0.5, 0.6) is 0 Å². The number of nitrogens with two attached hydrogens (primary N) is 1. The van der Waals surface area contributed by atoms with E-state index in [1.807, 2.05) is 18.5 Å². The van der Waals surface area contributed by atoms with E-state index in [4.69, 9.17) is 5.84 Å². The molecule has 2 aromatic rings. The van der Waals surface area contributed by atoms with Crippen molar-refractivity contribution in [3.8, 4) is 0 Å². The van der Waals surface area contributed by atoms with E-state index in [-0.39, 0.29) is 5.92 Å². The molecule has 7 nitrogen and oxygen atoms in total. The molecular weight excluding hydrogens is 262 g/mol. The number of aromatic nitrogens is 5. The van der Waals surface area contributed by atoms with E-state index in [9.17, 15) is 0 Å². The highest BCUT2D eigenvalue weighted by molar-refractivity contribution is 7.99. The molecule has 0 saturated carbocycles. The highest BCUT2D eigenvalue weighted by atomic mass is 32.2. The third-order valence-corrected chi connectivity index (χ3v) is 3.86. The van der Waals surface area contributed by atoms with Gasteiger partial charge in [-0.25, -0.2) is 15.8 Å². The van der Waals surface area contributed by atoms with Gasteiger partial charge < -0.3 is 9.99 Å². The summed E-state index contributed by atoms with van der Waals surface area (Å²) in [6, 6.07) is 0. The number of anilines is 1. The zero-order valence-electron chi connectivity index (χ0n) is 11.4. The van der Waals surface area contributed by atoms with Crippen LogP contribution in [0.1, 0.15) is 31.2 Å². The third-order valence-electron chi connectivity index (χ3n) is 2.80. The Morgan fingerprint density at radius 1 is 1.32 bits per heavy atom. The molecule has 0 radical (unpaired) electrons. The monoisotopic (exact) mass is 279 g/mol. The van der Waals surface area contributed by atoms with Crippen molar-refractivity contribution in [2.24, 2.45) is 12.9 Å². The lowest BCUT2D eigenvalue weighted by Gasteiger charge is -2.14. The van der Waals surface area contributed by atoms with Crippen LogP contribution in [0, 0.1) is 6.92 Å². The van der Waals surface area contributed by atoms with Gasteiger partial charge in [0.2, 0.25) is 0 Å². The van der Waals surface area contributed by atoms with Crippen molar-refractivity contribution < 1.29 is 0 Å². The van der Waals surface area contributed by atoms with Crippen LogP contribution in [0.4, 0.5) is 5.82 Å². The summed E-state index contributed by atoms with van der Waals surface area (Å²) in [6.07, 6.45) is 1.49. The van der Waals surface area contributed by atoms with Crippen molar-refractivity contribution in [3.63, 3.8) is 0 Å². The molecule has 0 aliphatic rings. The van der Waals surface area contributed by atoms with E-state index in [1.165, 1.54) is 18.1 Å². The van der Waals surface area contributed by atoms with Crippen LogP contribution in [0.15, 0.2) is 16.5 Å². The minimum Gasteiger partial charge on any atom is -0.309 e. The molecule has 0 aliphatic heterocycles. The summed E-state index contributed by atoms with van der Waals surface area (Å²) in [7, 11) is 1.93. The maximum atomic E-state index is 5.50. The second kappa shape index (κ2) is 5.54. The highest BCUT2D eigenvalue weighted by Gasteiger charge is 2.17. The molecule has 0 fully saturated rings. The fourth-order valence-electron chi connectivity index (χ4n) is 1.66. The zero-order valence-corrected chi connectivity index (χ0v) is 12.2. The Labute approximate surface area is 116 Å². The zero-order chi connectivity index (χ0) is 14.0. The van der Waals surface area contributed by atoms with Crippen molar-refractivity contribution in [1.29, 1.82) is 0 Å². The number of nitrogens with zero attached hydrogens (tertiary/aromatic N) is 5. The first kappa shape index (κ1) is 13.8. The van der Waals surface area contributed by atoms with Crippen LogP contribution >= 0.6 is 11.8 Å². The fourth-order valence-corrected chi connectivity index (χ4v) is 2.73. The summed E-state index contributed by atoms with van der Waals surface area (Å²) < 4.78 is 1.92. The maximum absolute atomic E-state index is 5.50. The standard InChI is InChI=1S/C11H17N7S/c1-6(2)8-9(15-12)13-5-14-10(8)19-11-17-16-7(3)18(11)4/h5-6H,12H2,1-4H3,(H,13,14,15). The van der Waals surface area contributed by atoms with Crippen LogP contribution in [-0.4, -0.2) is 24.7 Å². The minimum atomic E-state index is 0.254. The number of nitrogen functional groups attached to an aromatic ring is 1. The molecule has 19 heavy (non-hydrogen) atoms. The minimum absolute atomic E-state index is 0.254. The van der Waals surface area contributed by atoms with Gasteiger partial charge in [-0.15, -0.1) is 10.2 Å². The summed E-state index contributed by atoms with van der Waals surface area (Å²) in [5, 5.41) is 9.80. The number of nitrogens with one attached hydrogen (secondary N) is 1. The van der Waals surface area contributed by atoms with Crippen LogP contribution in [0.2, 0.25) is 0 Å². The average Bonchev–Trinajstić information content (AvgIpc) is 2.70. The number of hydrazine groups is 1. The van der Waals surface area contributed by atoms with Gasteiger partial charge in [0.15, 0.2) is 5.16 Å². The summed E-state index contributed by atoms with van der Waals surface area (Å²) in [5.74, 6) is 7.26. The maximum Gasteiger partial charge on any atom is 0.197 e. The van der Waals surface area contributed by atoms with E-state index < -0.39 is 0 Å². The molecule has 0 saturated heterocycles. The Hall–Kier alpha value is -1.67. The SMILES string of the molecule is Cc1nnc(Sc2ncnc(NN)c2C(C)C)n1C. The summed E-state index contributed by atoms with van der Waals surface area (Å²) in [6.45, 7) is 6.06. The van der Waals surface area contributed by atoms with E-state index in [1.54, 1.807) is 0 Å². The van der Waals surface area contributed by atoms with Gasteiger partial charge in [0.25, 0.3) is 0 Å². The van der Waals surface area contributed by atoms with Gasteiger partial charge in [0.05, 0.1) is 0 Å². The van der Waals surface area contributed by atoms with Crippen molar-refractivity contribution in [1.82, 2.24) is 24.7 Å². The first-order valence-electron chi connectivity index (χ1n) is 5.90. The molecule has 8 heteroatoms. The van der Waals surface area contributed by atoms with Gasteiger partial charge in [0, 0.05) is 12.6 Å². The summed E-state index contributed by atoms with van der Waals surface area (Å²) in [4.78, 5) is 8.47. The summed E-state index contributed by atoms with van der Waals surface area (Å²) in [5.41, 5.74) is 3.60. The largest absolute Gasteiger partial charge is 0.309 e. The van der Waals surface area contributed by atoms with E-state index in [2.05, 4.69) is 39.4 Å². The molecular formula is C11H17N7S. The Bertz CT molecular complexity index is 578. The van der Waals surface area contributed by atoms with Gasteiger partial charge in [0.1, 0.15) is 23.0 Å². The molecule has 2 aromatic heterocycles. The second-order valence-corrected chi connectivity index (χ2v) is 5.39. The lowest BCUT2D eigenvalue weighted by atomic mass is 10.1. The second-order valence-electron chi connectivity index (χ2n) is 4.43. The average molecular weight is 279 g/mol. The molecule has 0 unspecified atom stereocenters. The van der Waals surface area contributed by atoms with Crippen LogP contribution in [0.3, 0.4) is 0 Å². The van der Waals surface area contributed by atoms with Gasteiger partial charge in [-0.2, -0.15) is 0 Å². The summed E-state index contributed by atoms with van der Waals surface area (Å²) >= 11 is 1.46. The lowest BCUT2D eigenvalue weighted by molar-refractivity contribution is 0.758. The molecule has 3 N–H and O–H groups in total. The van der Waals surface area contributed by atoms with Gasteiger partial charge in [-0.05, 0) is 24.6 Å². The molecule has 0 spiro atoms. The molecule has 0 aliphatic carbocycles. The molecule has 0 amide bonds. The normalized spacial score (nSPS) is 11.1. The fraction of sp³-hybridized carbons (Fsp3) is 0.455. The van der Waals surface area contributed by atoms with Crippen LogP contribution < -0.4 is 11.3 Å². The van der Waals surface area contributed by atoms with Crippen LogP contribution in [-0.2, 0) is 7.05 Å². The Morgan fingerprint density at radius 2 is 2.05 bits per heavy atom. The Kier molecular flexibility index (Phi) is 4.01. The number of rotatable bonds is 4. The topological polar surface area (TPSA) is 94.5 Å². The van der Waals surface area contributed by atoms with Crippen molar-refractivity contribution in [2.75, 3.05) is 5.43 Å². The molecule has 102 valence electrons. The molecule has 0 aromatic carbocycles. The van der Waals surface area contributed by atoms with Crippen LogP contribution in [0.25, 0.3) is 0 Å². The van der Waals surface area contributed by atoms with E-state index in [0.29, 0.717) is 5.82 Å². The van der Waals surface area contributed by atoms with E-state index >= 15 is 0 Å². The van der Waals surface area contributed by atoms with Crippen molar-refractivity contribution >= 4 is 17.6 Å². The molecule has 2 rings (SSSR count). The molecule has 0 atom stereocenters.